The van der Waals surface area contributed by atoms with Gasteiger partial charge in [0.1, 0.15) is 0 Å². The van der Waals surface area contributed by atoms with Crippen LogP contribution in [0.1, 0.15) is 55.4 Å². The maximum atomic E-state index is 11.4. The summed E-state index contributed by atoms with van der Waals surface area (Å²) in [5.41, 5.74) is 0. The molecule has 0 spiro atoms. The first-order chi connectivity index (χ1) is 13.2. The summed E-state index contributed by atoms with van der Waals surface area (Å²) in [4.78, 5) is 45.7. The Morgan fingerprint density at radius 3 is 0.759 bits per heavy atom. The van der Waals surface area contributed by atoms with E-state index in [4.69, 9.17) is 10.7 Å². The molecule has 0 aromatic heterocycles. The molecule has 0 aliphatic heterocycles. The molecule has 9 heteroatoms. The van der Waals surface area contributed by atoms with Gasteiger partial charge in [0.15, 0.2) is 0 Å². The molecule has 0 rings (SSSR count). The van der Waals surface area contributed by atoms with E-state index >= 15 is 0 Å². The molecule has 0 bridgehead atoms. The molecule has 0 radical (unpaired) electrons. The van der Waals surface area contributed by atoms with Gasteiger partial charge in [-0.15, -0.1) is 0 Å². The average Bonchev–Trinajstić information content (AvgIpc) is 2.41. The number of hydrogen-bond acceptors (Lipinski definition) is 8. The monoisotopic (exact) mass is 604 g/mol. The minimum atomic E-state index is -5.31. The number of ketones is 4. The Hall–Kier alpha value is -2.24. The van der Waals surface area contributed by atoms with E-state index < -0.39 is 23.0 Å². The van der Waals surface area contributed by atoms with Gasteiger partial charge in [-0.3, -0.25) is 0 Å². The van der Waals surface area contributed by atoms with E-state index in [1.54, 1.807) is 0 Å². The van der Waals surface area contributed by atoms with Crippen molar-refractivity contribution in [3.8, 4) is 0 Å². The minimum absolute atomic E-state index is 0.168. The van der Waals surface area contributed by atoms with Crippen molar-refractivity contribution in [2.24, 2.45) is 0 Å². The molecule has 0 fully saturated rings. The van der Waals surface area contributed by atoms with Gasteiger partial charge in [0.2, 0.25) is 0 Å². The average molecular weight is 604 g/mol. The van der Waals surface area contributed by atoms with Crippen LogP contribution in [0, 0.1) is 0 Å². The van der Waals surface area contributed by atoms with E-state index in [2.05, 4.69) is 0 Å². The summed E-state index contributed by atoms with van der Waals surface area (Å²) in [6, 6.07) is 0. The van der Waals surface area contributed by atoms with Gasteiger partial charge in [0, 0.05) is 0 Å². The van der Waals surface area contributed by atoms with Crippen LogP contribution in [0.2, 0.25) is 0 Å². The molecule has 0 aromatic rings. The molecule has 0 heterocycles. The van der Waals surface area contributed by atoms with Crippen molar-refractivity contribution in [1.82, 2.24) is 0 Å². The van der Waals surface area contributed by atoms with Gasteiger partial charge in [-0.2, -0.15) is 0 Å². The second-order valence-electron chi connectivity index (χ2n) is 6.37. The van der Waals surface area contributed by atoms with Gasteiger partial charge in [-0.25, -0.2) is 0 Å². The van der Waals surface area contributed by atoms with Crippen LogP contribution < -0.4 is 0 Å². The van der Waals surface area contributed by atoms with Crippen LogP contribution in [0.15, 0.2) is 47.3 Å². The summed E-state index contributed by atoms with van der Waals surface area (Å²) in [5.74, 6) is -0.412. The van der Waals surface area contributed by atoms with Crippen LogP contribution in [-0.2, 0) is 29.9 Å². The molecule has 0 aliphatic rings. The fraction of sp³-hybridized carbons (Fsp3) is 0.400. The fourth-order valence-corrected chi connectivity index (χ4v) is 10.2. The van der Waals surface area contributed by atoms with Crippen LogP contribution in [-0.4, -0.2) is 46.1 Å². The van der Waals surface area contributed by atoms with Crippen molar-refractivity contribution < 1.29 is 29.9 Å². The predicted octanol–water partition coefficient (Wildman–Crippen LogP) is 3.46. The van der Waals surface area contributed by atoms with Crippen molar-refractivity contribution in [3.63, 3.8) is 0 Å². The molecule has 0 aliphatic carbocycles. The first-order valence-corrected chi connectivity index (χ1v) is 15.1. The van der Waals surface area contributed by atoms with Crippen molar-refractivity contribution in [2.75, 3.05) is 0 Å². The van der Waals surface area contributed by atoms with Gasteiger partial charge in [-0.1, -0.05) is 0 Å². The summed E-state index contributed by atoms with van der Waals surface area (Å²) in [6.45, 7) is 11.4. The Kier molecular flexibility index (Phi) is 11.4. The molecular formula is C20H28O8Pb. The fourth-order valence-electron chi connectivity index (χ4n) is 2.18. The zero-order chi connectivity index (χ0) is 22.8. The van der Waals surface area contributed by atoms with Crippen LogP contribution in [0.25, 0.3) is 0 Å². The zero-order valence-corrected chi connectivity index (χ0v) is 22.0. The van der Waals surface area contributed by atoms with E-state index in [1.165, 1.54) is 79.7 Å². The number of allylic oxidation sites excluding steroid dienone is 8. The van der Waals surface area contributed by atoms with E-state index in [1.807, 2.05) is 0 Å². The summed E-state index contributed by atoms with van der Waals surface area (Å²) >= 11 is -5.31. The van der Waals surface area contributed by atoms with Crippen LogP contribution in [0.3, 0.4) is 0 Å². The second-order valence-corrected chi connectivity index (χ2v) is 13.4. The predicted molar refractivity (Wildman–Crippen MR) is 108 cm³/mol. The Labute approximate surface area is 178 Å². The first-order valence-electron chi connectivity index (χ1n) is 8.76. The van der Waals surface area contributed by atoms with Crippen molar-refractivity contribution >= 4 is 46.1 Å². The third-order valence-electron chi connectivity index (χ3n) is 2.77. The molecule has 8 nitrogen and oxygen atoms in total. The molecule has 0 saturated heterocycles. The second kappa shape index (κ2) is 12.4. The summed E-state index contributed by atoms with van der Waals surface area (Å²) in [6.07, 6.45) is 4.90. The van der Waals surface area contributed by atoms with Gasteiger partial charge in [0.05, 0.1) is 0 Å². The Bertz CT molecular complexity index is 653. The summed E-state index contributed by atoms with van der Waals surface area (Å²) in [7, 11) is 0. The summed E-state index contributed by atoms with van der Waals surface area (Å²) in [5, 5.41) is 0. The van der Waals surface area contributed by atoms with Crippen LogP contribution in [0.4, 0.5) is 0 Å². The number of rotatable bonds is 12. The molecule has 0 N–H and O–H groups in total. The van der Waals surface area contributed by atoms with Gasteiger partial charge >= 0.3 is 179 Å². The van der Waals surface area contributed by atoms with Crippen molar-refractivity contribution in [1.29, 1.82) is 0 Å². The number of carbonyl (C=O) groups is 4. The molecule has 0 aromatic carbocycles. The van der Waals surface area contributed by atoms with Crippen LogP contribution >= 0.6 is 0 Å². The Morgan fingerprint density at radius 2 is 0.621 bits per heavy atom. The first kappa shape index (κ1) is 26.8. The van der Waals surface area contributed by atoms with Crippen molar-refractivity contribution in [2.45, 2.75) is 55.4 Å². The molecule has 29 heavy (non-hydrogen) atoms. The van der Waals surface area contributed by atoms with E-state index in [-0.39, 0.29) is 46.2 Å². The van der Waals surface area contributed by atoms with Crippen molar-refractivity contribution in [3.05, 3.63) is 47.3 Å². The molecule has 0 amide bonds. The van der Waals surface area contributed by atoms with E-state index in [9.17, 15) is 19.2 Å². The molecule has 160 valence electrons. The van der Waals surface area contributed by atoms with Gasteiger partial charge in [0.25, 0.3) is 0 Å². The molecule has 0 saturated carbocycles. The SMILES string of the molecule is CC(=O)/C=C(/C)[O][Pb]([O]/C(C)=C\C(C)=O)([O]/C(C)=C\C(C)=O)[O]/C(C)=C/C(C)=O. The maximum absolute atomic E-state index is 11.4. The normalized spacial score (nSPS) is 13.5. The van der Waals surface area contributed by atoms with Crippen LogP contribution in [0.5, 0.6) is 0 Å². The quantitative estimate of drug-likeness (QED) is 0.190. The summed E-state index contributed by atoms with van der Waals surface area (Å²) < 4.78 is 23.4. The van der Waals surface area contributed by atoms with Gasteiger partial charge < -0.3 is 0 Å². The standard InChI is InChI=1S/4C5H8O2.Pb/c4*1-4(6)3-5(2)7;/h4*3,6H,1-2H3;/q;;;;+4/p-4/b4-3+;3*4-3-;. The third kappa shape index (κ3) is 12.8. The topological polar surface area (TPSA) is 105 Å². The molecule has 0 atom stereocenters. The van der Waals surface area contributed by atoms with Gasteiger partial charge in [-0.05, 0) is 0 Å². The number of hydrogen-bond donors (Lipinski definition) is 0. The molecule has 0 unspecified atom stereocenters. The third-order valence-corrected chi connectivity index (χ3v) is 11.7. The Balaban J connectivity index is 6.40. The number of carbonyl (C=O) groups excluding carboxylic acids is 4. The Morgan fingerprint density at radius 1 is 0.448 bits per heavy atom. The molecular weight excluding hydrogens is 575 g/mol. The van der Waals surface area contributed by atoms with E-state index in [0.29, 0.717) is 0 Å². The van der Waals surface area contributed by atoms with E-state index in [0.717, 1.165) is 0 Å². The zero-order valence-electron chi connectivity index (χ0n) is 18.1.